The normalized spacial score (nSPS) is 18.4. The Balaban J connectivity index is 2.09. The molecule has 1 aromatic rings. The molecule has 0 N–H and O–H groups in total. The molecule has 0 saturated carbocycles. The van der Waals surface area contributed by atoms with Gasteiger partial charge in [0.25, 0.3) is 0 Å². The summed E-state index contributed by atoms with van der Waals surface area (Å²) in [7, 11) is 3.80. The number of aromatic nitrogens is 1. The van der Waals surface area contributed by atoms with Crippen LogP contribution in [0.5, 0.6) is 0 Å². The minimum Gasteiger partial charge on any atom is -0.444 e. The lowest BCUT2D eigenvalue weighted by molar-refractivity contribution is -0.0693. The van der Waals surface area contributed by atoms with Crippen molar-refractivity contribution < 1.29 is 14.3 Å². The first-order chi connectivity index (χ1) is 10.2. The topological polar surface area (TPSA) is 43.7 Å². The number of ether oxygens (including phenoxy) is 2. The zero-order valence-electron chi connectivity index (χ0n) is 14.6. The number of hydrogen-bond acceptors (Lipinski definition) is 3. The molecule has 1 amide bonds. The largest absolute Gasteiger partial charge is 0.444 e. The van der Waals surface area contributed by atoms with E-state index < -0.39 is 5.60 Å². The lowest BCUT2D eigenvalue weighted by Crippen LogP contribution is -2.48. The number of piperidine rings is 1. The van der Waals surface area contributed by atoms with Gasteiger partial charge in [0.15, 0.2) is 0 Å². The predicted octanol–water partition coefficient (Wildman–Crippen LogP) is 3.21. The first-order valence-electron chi connectivity index (χ1n) is 7.83. The molecule has 0 aromatic carbocycles. The lowest BCUT2D eigenvalue weighted by atomic mass is 9.87. The van der Waals surface area contributed by atoms with Crippen molar-refractivity contribution in [3.63, 3.8) is 0 Å². The van der Waals surface area contributed by atoms with Crippen LogP contribution in [0, 0.1) is 6.92 Å². The quantitative estimate of drug-likeness (QED) is 0.842. The molecule has 1 aromatic heterocycles. The van der Waals surface area contributed by atoms with Crippen molar-refractivity contribution in [2.75, 3.05) is 20.2 Å². The monoisotopic (exact) mass is 308 g/mol. The van der Waals surface area contributed by atoms with Gasteiger partial charge in [0.2, 0.25) is 0 Å². The Labute approximate surface area is 133 Å². The van der Waals surface area contributed by atoms with Crippen LogP contribution in [0.2, 0.25) is 0 Å². The highest BCUT2D eigenvalue weighted by Crippen LogP contribution is 2.37. The molecule has 0 spiro atoms. The highest BCUT2D eigenvalue weighted by molar-refractivity contribution is 5.68. The van der Waals surface area contributed by atoms with Crippen molar-refractivity contribution in [3.8, 4) is 0 Å². The summed E-state index contributed by atoms with van der Waals surface area (Å²) >= 11 is 0. The lowest BCUT2D eigenvalue weighted by Gasteiger charge is -2.41. The molecule has 0 unspecified atom stereocenters. The maximum Gasteiger partial charge on any atom is 0.410 e. The van der Waals surface area contributed by atoms with Crippen LogP contribution < -0.4 is 0 Å². The molecule has 22 heavy (non-hydrogen) atoms. The molecule has 5 heteroatoms. The van der Waals surface area contributed by atoms with E-state index in [-0.39, 0.29) is 11.7 Å². The SMILES string of the molecule is COC1(c2cc(C)cn2C)CCN(C(=O)OC(C)(C)C)CC1. The number of likely N-dealkylation sites (tertiary alicyclic amines) is 1. The van der Waals surface area contributed by atoms with Crippen LogP contribution in [-0.2, 0) is 22.1 Å². The van der Waals surface area contributed by atoms with E-state index in [1.165, 1.54) is 11.3 Å². The minimum atomic E-state index is -0.456. The second-order valence-electron chi connectivity index (χ2n) is 7.18. The molecule has 1 fully saturated rings. The van der Waals surface area contributed by atoms with Gasteiger partial charge in [-0.05, 0) is 52.2 Å². The Bertz CT molecular complexity index is 535. The molecular weight excluding hydrogens is 280 g/mol. The highest BCUT2D eigenvalue weighted by Gasteiger charge is 2.40. The number of hydrogen-bond donors (Lipinski definition) is 0. The Morgan fingerprint density at radius 2 is 1.86 bits per heavy atom. The Morgan fingerprint density at radius 3 is 2.27 bits per heavy atom. The van der Waals surface area contributed by atoms with Crippen LogP contribution in [0.1, 0.15) is 44.9 Å². The first-order valence-corrected chi connectivity index (χ1v) is 7.83. The van der Waals surface area contributed by atoms with Gasteiger partial charge in [-0.3, -0.25) is 0 Å². The van der Waals surface area contributed by atoms with E-state index in [0.717, 1.165) is 12.8 Å². The summed E-state index contributed by atoms with van der Waals surface area (Å²) in [5, 5.41) is 0. The molecule has 0 bridgehead atoms. The number of amides is 1. The average molecular weight is 308 g/mol. The average Bonchev–Trinajstić information content (AvgIpc) is 2.76. The maximum absolute atomic E-state index is 12.2. The molecule has 124 valence electrons. The third-order valence-corrected chi connectivity index (χ3v) is 4.22. The van der Waals surface area contributed by atoms with Gasteiger partial charge >= 0.3 is 6.09 Å². The Hall–Kier alpha value is -1.49. The standard InChI is InChI=1S/C17H28N2O3/c1-13-11-14(18(5)12-13)17(21-6)7-9-19(10-8-17)15(20)22-16(2,3)4/h11-12H,7-10H2,1-6H3. The van der Waals surface area contributed by atoms with E-state index in [1.54, 1.807) is 12.0 Å². The smallest absolute Gasteiger partial charge is 0.410 e. The van der Waals surface area contributed by atoms with E-state index in [0.29, 0.717) is 13.1 Å². The van der Waals surface area contributed by atoms with Gasteiger partial charge in [-0.2, -0.15) is 0 Å². The zero-order valence-corrected chi connectivity index (χ0v) is 14.6. The van der Waals surface area contributed by atoms with Crippen molar-refractivity contribution in [3.05, 3.63) is 23.5 Å². The van der Waals surface area contributed by atoms with Crippen molar-refractivity contribution in [2.45, 2.75) is 51.7 Å². The first kappa shape index (κ1) is 16.9. The Morgan fingerprint density at radius 1 is 1.27 bits per heavy atom. The fourth-order valence-corrected chi connectivity index (χ4v) is 3.12. The maximum atomic E-state index is 12.2. The molecule has 0 aliphatic carbocycles. The van der Waals surface area contributed by atoms with Crippen LogP contribution in [0.25, 0.3) is 0 Å². The zero-order chi connectivity index (χ0) is 16.5. The van der Waals surface area contributed by atoms with Crippen LogP contribution in [-0.4, -0.2) is 41.4 Å². The molecule has 1 saturated heterocycles. The second-order valence-corrected chi connectivity index (χ2v) is 7.18. The Kier molecular flexibility index (Phi) is 4.57. The molecule has 1 aliphatic rings. The van der Waals surface area contributed by atoms with E-state index in [1.807, 2.05) is 27.8 Å². The van der Waals surface area contributed by atoms with Crippen LogP contribution >= 0.6 is 0 Å². The second kappa shape index (κ2) is 5.95. The van der Waals surface area contributed by atoms with Gasteiger partial charge in [0.1, 0.15) is 11.2 Å². The van der Waals surface area contributed by atoms with E-state index in [9.17, 15) is 4.79 Å². The fourth-order valence-electron chi connectivity index (χ4n) is 3.12. The number of carbonyl (C=O) groups excluding carboxylic acids is 1. The van der Waals surface area contributed by atoms with Gasteiger partial charge in [-0.1, -0.05) is 0 Å². The number of aryl methyl sites for hydroxylation is 2. The fraction of sp³-hybridized carbons (Fsp3) is 0.706. The highest BCUT2D eigenvalue weighted by atomic mass is 16.6. The van der Waals surface area contributed by atoms with Crippen LogP contribution in [0.15, 0.2) is 12.3 Å². The number of nitrogens with zero attached hydrogens (tertiary/aromatic N) is 2. The van der Waals surface area contributed by atoms with Crippen LogP contribution in [0.4, 0.5) is 4.79 Å². The van der Waals surface area contributed by atoms with Crippen LogP contribution in [0.3, 0.4) is 0 Å². The summed E-state index contributed by atoms with van der Waals surface area (Å²) in [4.78, 5) is 14.0. The van der Waals surface area contributed by atoms with Crippen molar-refractivity contribution >= 4 is 6.09 Å². The number of carbonyl (C=O) groups is 1. The van der Waals surface area contributed by atoms with E-state index in [2.05, 4.69) is 23.8 Å². The third kappa shape index (κ3) is 3.46. The summed E-state index contributed by atoms with van der Waals surface area (Å²) in [6, 6.07) is 2.17. The van der Waals surface area contributed by atoms with E-state index in [4.69, 9.17) is 9.47 Å². The third-order valence-electron chi connectivity index (χ3n) is 4.22. The number of methoxy groups -OCH3 is 1. The van der Waals surface area contributed by atoms with Gasteiger partial charge in [-0.25, -0.2) is 4.79 Å². The number of rotatable bonds is 2. The van der Waals surface area contributed by atoms with Crippen molar-refractivity contribution in [1.82, 2.24) is 9.47 Å². The van der Waals surface area contributed by atoms with Gasteiger partial charge in [0, 0.05) is 39.1 Å². The molecule has 0 atom stereocenters. The van der Waals surface area contributed by atoms with Crippen molar-refractivity contribution in [2.24, 2.45) is 7.05 Å². The van der Waals surface area contributed by atoms with Gasteiger partial charge < -0.3 is 18.9 Å². The van der Waals surface area contributed by atoms with Crippen molar-refractivity contribution in [1.29, 1.82) is 0 Å². The molecular formula is C17H28N2O3. The van der Waals surface area contributed by atoms with E-state index >= 15 is 0 Å². The summed E-state index contributed by atoms with van der Waals surface area (Å²) in [5.74, 6) is 0. The summed E-state index contributed by atoms with van der Waals surface area (Å²) in [6.07, 6.45) is 3.43. The van der Waals surface area contributed by atoms with Gasteiger partial charge in [-0.15, -0.1) is 0 Å². The molecule has 2 rings (SSSR count). The summed E-state index contributed by atoms with van der Waals surface area (Å²) in [6.45, 7) is 9.05. The molecule has 1 aliphatic heterocycles. The molecule has 5 nitrogen and oxygen atoms in total. The summed E-state index contributed by atoms with van der Waals surface area (Å²) < 4.78 is 13.5. The minimum absolute atomic E-state index is 0.236. The molecule has 0 radical (unpaired) electrons. The predicted molar refractivity (Wildman–Crippen MR) is 85.9 cm³/mol. The van der Waals surface area contributed by atoms with Gasteiger partial charge in [0.05, 0.1) is 0 Å². The summed E-state index contributed by atoms with van der Waals surface area (Å²) in [5.41, 5.74) is 1.63. The molecule has 2 heterocycles.